The van der Waals surface area contributed by atoms with Crippen LogP contribution in [0.4, 0.5) is 65.9 Å². The molecule has 0 aromatic rings. The highest BCUT2D eigenvalue weighted by molar-refractivity contribution is 5.75. The molecule has 0 fully saturated rings. The third kappa shape index (κ3) is 2.74. The van der Waals surface area contributed by atoms with Gasteiger partial charge in [0.1, 0.15) is 5.97 Å². The van der Waals surface area contributed by atoms with Crippen molar-refractivity contribution < 1.29 is 75.8 Å². The molecule has 0 bridgehead atoms. The molecule has 0 saturated heterocycles. The molecule has 17 heteroatoms. The van der Waals surface area contributed by atoms with Crippen LogP contribution in [0, 0.1) is 0 Å². The molecule has 0 aliphatic carbocycles. The molecule has 0 heterocycles. The Morgan fingerprint density at radius 3 is 1.04 bits per heavy atom. The third-order valence-electron chi connectivity index (χ3n) is 2.66. The van der Waals surface area contributed by atoms with Crippen molar-refractivity contribution in [2.24, 2.45) is 0 Å². The molecule has 0 radical (unpaired) electrons. The lowest BCUT2D eigenvalue weighted by atomic mass is 9.83. The molecule has 2 nitrogen and oxygen atoms in total. The molecule has 0 amide bonds. The minimum absolute atomic E-state index is 4.60. The number of rotatable bonds is 5. The summed E-state index contributed by atoms with van der Waals surface area (Å²) in [5.74, 6) is -37.3. The predicted octanol–water partition coefficient (Wildman–Crippen LogP) is 3.11. The zero-order valence-corrected chi connectivity index (χ0v) is 10.5. The molecule has 150 valence electrons. The Balaban J connectivity index is 6.97. The Hall–Kier alpha value is -1.58. The van der Waals surface area contributed by atoms with Crippen LogP contribution in [0.1, 0.15) is 0 Å². The van der Waals surface area contributed by atoms with Crippen LogP contribution in [0.3, 0.4) is 0 Å². The van der Waals surface area contributed by atoms with Crippen LogP contribution in [0.5, 0.6) is 0 Å². The van der Waals surface area contributed by atoms with Crippen molar-refractivity contribution >= 4 is 5.97 Å². The maximum atomic E-state index is 13.3. The molecule has 0 aliphatic heterocycles. The van der Waals surface area contributed by atoms with Crippen LogP contribution in [0.15, 0.2) is 0 Å². The molecule has 1 unspecified atom stereocenters. The summed E-state index contributed by atoms with van der Waals surface area (Å²) in [6.07, 6.45) is -16.1. The van der Waals surface area contributed by atoms with Crippen molar-refractivity contribution in [1.29, 1.82) is 0 Å². The van der Waals surface area contributed by atoms with Crippen LogP contribution in [0.25, 0.3) is 0 Å². The second kappa shape index (κ2) is 5.46. The first-order valence-corrected chi connectivity index (χ1v) is 4.99. The summed E-state index contributed by atoms with van der Waals surface area (Å²) in [7, 11) is 0. The van der Waals surface area contributed by atoms with Gasteiger partial charge in [0.15, 0.2) is 0 Å². The highest BCUT2D eigenvalue weighted by Gasteiger charge is 2.96. The topological polar surface area (TPSA) is 40.1 Å². The second-order valence-electron chi connectivity index (χ2n) is 4.24. The molecule has 0 spiro atoms. The van der Waals surface area contributed by atoms with Gasteiger partial charge in [-0.15, -0.1) is 0 Å². The Bertz CT molecular complexity index is 529. The van der Waals surface area contributed by atoms with Crippen LogP contribution < -0.4 is 5.11 Å². The summed E-state index contributed by atoms with van der Waals surface area (Å²) in [4.78, 5) is 9.65. The van der Waals surface area contributed by atoms with Crippen LogP contribution >= 0.6 is 0 Å². The van der Waals surface area contributed by atoms with E-state index in [0.717, 1.165) is 0 Å². The minimum Gasteiger partial charge on any atom is -0.544 e. The van der Waals surface area contributed by atoms with E-state index in [2.05, 4.69) is 0 Å². The second-order valence-corrected chi connectivity index (χ2v) is 4.24. The third-order valence-corrected chi connectivity index (χ3v) is 2.66. The summed E-state index contributed by atoms with van der Waals surface area (Å²) < 4.78 is 187. The van der Waals surface area contributed by atoms with Gasteiger partial charge in [-0.1, -0.05) is 0 Å². The standard InChI is InChI=1S/C8HF15O2/c9-2(10,1(24)25)4(12,13)5(14,15)3(11,7(18,19)20)6(16,17)8(21,22)23/h(H,24,25)/p-1. The van der Waals surface area contributed by atoms with Crippen molar-refractivity contribution in [3.8, 4) is 0 Å². The van der Waals surface area contributed by atoms with Crippen LogP contribution in [0.2, 0.25) is 0 Å². The highest BCUT2D eigenvalue weighted by Crippen LogP contribution is 2.64. The quantitative estimate of drug-likeness (QED) is 0.651. The van der Waals surface area contributed by atoms with Crippen molar-refractivity contribution in [3.05, 3.63) is 0 Å². The van der Waals surface area contributed by atoms with E-state index < -0.39 is 47.7 Å². The zero-order chi connectivity index (χ0) is 21.1. The zero-order valence-electron chi connectivity index (χ0n) is 10.5. The van der Waals surface area contributed by atoms with Gasteiger partial charge in [-0.2, -0.15) is 61.5 Å². The van der Waals surface area contributed by atoms with Gasteiger partial charge >= 0.3 is 41.7 Å². The van der Waals surface area contributed by atoms with Crippen molar-refractivity contribution in [3.63, 3.8) is 0 Å². The number of alkyl halides is 15. The van der Waals surface area contributed by atoms with Gasteiger partial charge in [-0.05, 0) is 0 Å². The van der Waals surface area contributed by atoms with Gasteiger partial charge in [0.2, 0.25) is 0 Å². The van der Waals surface area contributed by atoms with Crippen LogP contribution in [-0.2, 0) is 4.79 Å². The van der Waals surface area contributed by atoms with E-state index in [4.69, 9.17) is 0 Å². The number of aliphatic carboxylic acids is 1. The van der Waals surface area contributed by atoms with E-state index in [-0.39, 0.29) is 0 Å². The molecule has 0 aromatic heterocycles. The fourth-order valence-corrected chi connectivity index (χ4v) is 1.29. The number of halogens is 15. The average Bonchev–Trinajstić information content (AvgIpc) is 2.33. The highest BCUT2D eigenvalue weighted by atomic mass is 19.4. The van der Waals surface area contributed by atoms with Crippen molar-refractivity contribution in [1.82, 2.24) is 0 Å². The largest absolute Gasteiger partial charge is 0.544 e. The van der Waals surface area contributed by atoms with Gasteiger partial charge < -0.3 is 9.90 Å². The average molecular weight is 413 g/mol. The Kier molecular flexibility index (Phi) is 5.11. The summed E-state index contributed by atoms with van der Waals surface area (Å²) in [5, 5.41) is 9.65. The van der Waals surface area contributed by atoms with Crippen molar-refractivity contribution in [2.45, 2.75) is 41.7 Å². The number of carbonyl (C=O) groups excluding carboxylic acids is 1. The Labute approximate surface area is 125 Å². The number of hydrogen-bond acceptors (Lipinski definition) is 2. The number of carboxylic acids is 1. The summed E-state index contributed by atoms with van der Waals surface area (Å²) in [5.41, 5.74) is -8.67. The lowest BCUT2D eigenvalue weighted by Gasteiger charge is -2.44. The maximum Gasteiger partial charge on any atom is 0.457 e. The first kappa shape index (κ1) is 23.4. The smallest absolute Gasteiger partial charge is 0.457 e. The summed E-state index contributed by atoms with van der Waals surface area (Å²) >= 11 is 0. The van der Waals surface area contributed by atoms with Gasteiger partial charge in [0, 0.05) is 0 Å². The minimum atomic E-state index is -8.67. The van der Waals surface area contributed by atoms with Crippen LogP contribution in [-0.4, -0.2) is 47.7 Å². The number of carbonyl (C=O) groups is 1. The van der Waals surface area contributed by atoms with Gasteiger partial charge in [0.05, 0.1) is 0 Å². The normalized spacial score (nSPS) is 18.0. The van der Waals surface area contributed by atoms with Gasteiger partial charge in [-0.3, -0.25) is 0 Å². The molecule has 0 N–H and O–H groups in total. The maximum absolute atomic E-state index is 13.3. The lowest BCUT2D eigenvalue weighted by Crippen LogP contribution is -2.78. The first-order chi connectivity index (χ1) is 10.4. The monoisotopic (exact) mass is 413 g/mol. The first-order valence-electron chi connectivity index (χ1n) is 4.99. The van der Waals surface area contributed by atoms with Gasteiger partial charge in [-0.25, -0.2) is 4.39 Å². The summed E-state index contributed by atoms with van der Waals surface area (Å²) in [6, 6.07) is 0. The van der Waals surface area contributed by atoms with E-state index >= 15 is 0 Å². The number of hydrogen-bond donors (Lipinski definition) is 0. The SMILES string of the molecule is O=C([O-])C(F)(F)C(F)(F)C(F)(F)C(F)(C(F)(F)F)C(F)(F)C(F)(F)F. The Morgan fingerprint density at radius 1 is 0.520 bits per heavy atom. The Morgan fingerprint density at radius 2 is 0.840 bits per heavy atom. The predicted molar refractivity (Wildman–Crippen MR) is 40.7 cm³/mol. The lowest BCUT2D eigenvalue weighted by molar-refractivity contribution is -0.461. The molecular weight excluding hydrogens is 413 g/mol. The molecular formula is C8F15O2-. The van der Waals surface area contributed by atoms with E-state index in [1.54, 1.807) is 0 Å². The van der Waals surface area contributed by atoms with Crippen molar-refractivity contribution in [2.75, 3.05) is 0 Å². The van der Waals surface area contributed by atoms with E-state index in [1.807, 2.05) is 0 Å². The fraction of sp³-hybridized carbons (Fsp3) is 0.875. The fourth-order valence-electron chi connectivity index (χ4n) is 1.29. The molecule has 0 saturated carbocycles. The summed E-state index contributed by atoms with van der Waals surface area (Å²) in [6.45, 7) is 0. The molecule has 1 atom stereocenters. The van der Waals surface area contributed by atoms with E-state index in [9.17, 15) is 75.8 Å². The molecule has 0 rings (SSSR count). The molecule has 25 heavy (non-hydrogen) atoms. The van der Waals surface area contributed by atoms with E-state index in [1.165, 1.54) is 0 Å². The van der Waals surface area contributed by atoms with E-state index in [0.29, 0.717) is 0 Å². The number of carboxylic acid groups (broad SMARTS) is 1. The molecule has 0 aromatic carbocycles. The molecule has 0 aliphatic rings. The van der Waals surface area contributed by atoms with Gasteiger partial charge in [0.25, 0.3) is 0 Å².